The largest absolute Gasteiger partial charge is 0.327 e. The summed E-state index contributed by atoms with van der Waals surface area (Å²) in [5.74, 6) is 0.592. The Hall–Kier alpha value is -1.33. The standard InChI is InChI=1S/C14H18FN3S/c1-10-7-13(18(2)17-10)8-12(16)9-19-14-5-3-11(15)4-6-14/h3-7,12H,8-9,16H2,1-2H3. The molecule has 2 aromatic rings. The van der Waals surface area contributed by atoms with Crippen molar-refractivity contribution in [2.24, 2.45) is 12.8 Å². The Morgan fingerprint density at radius 3 is 2.63 bits per heavy atom. The van der Waals surface area contributed by atoms with Crippen LogP contribution in [0.25, 0.3) is 0 Å². The summed E-state index contributed by atoms with van der Waals surface area (Å²) >= 11 is 1.65. The molecule has 1 atom stereocenters. The highest BCUT2D eigenvalue weighted by molar-refractivity contribution is 7.99. The number of aromatic nitrogens is 2. The van der Waals surface area contributed by atoms with Crippen molar-refractivity contribution >= 4 is 11.8 Å². The van der Waals surface area contributed by atoms with Crippen molar-refractivity contribution in [3.05, 3.63) is 47.5 Å². The van der Waals surface area contributed by atoms with E-state index < -0.39 is 0 Å². The molecule has 2 N–H and O–H groups in total. The number of rotatable bonds is 5. The molecule has 0 fully saturated rings. The molecule has 1 unspecified atom stereocenters. The first kappa shape index (κ1) is 14.1. The van der Waals surface area contributed by atoms with E-state index in [-0.39, 0.29) is 11.9 Å². The van der Waals surface area contributed by atoms with Gasteiger partial charge in [0.1, 0.15) is 5.82 Å². The van der Waals surface area contributed by atoms with Gasteiger partial charge in [-0.15, -0.1) is 11.8 Å². The van der Waals surface area contributed by atoms with Crippen molar-refractivity contribution in [1.82, 2.24) is 9.78 Å². The molecule has 1 aromatic carbocycles. The molecule has 0 spiro atoms. The second kappa shape index (κ2) is 6.21. The maximum Gasteiger partial charge on any atom is 0.123 e. The van der Waals surface area contributed by atoms with Crippen LogP contribution >= 0.6 is 11.8 Å². The second-order valence-corrected chi connectivity index (χ2v) is 5.72. The predicted molar refractivity (Wildman–Crippen MR) is 76.7 cm³/mol. The first-order valence-electron chi connectivity index (χ1n) is 6.18. The van der Waals surface area contributed by atoms with Crippen LogP contribution in [-0.2, 0) is 13.5 Å². The van der Waals surface area contributed by atoms with E-state index in [0.717, 1.165) is 28.5 Å². The average molecular weight is 279 g/mol. The molecule has 0 aliphatic carbocycles. The monoisotopic (exact) mass is 279 g/mol. The van der Waals surface area contributed by atoms with E-state index in [9.17, 15) is 4.39 Å². The SMILES string of the molecule is Cc1cc(CC(N)CSc2ccc(F)cc2)n(C)n1. The van der Waals surface area contributed by atoms with Crippen molar-refractivity contribution in [3.8, 4) is 0 Å². The van der Waals surface area contributed by atoms with E-state index >= 15 is 0 Å². The maximum absolute atomic E-state index is 12.8. The van der Waals surface area contributed by atoms with Crippen LogP contribution in [0.3, 0.4) is 0 Å². The van der Waals surface area contributed by atoms with Crippen molar-refractivity contribution in [3.63, 3.8) is 0 Å². The molecule has 0 aliphatic rings. The summed E-state index contributed by atoms with van der Waals surface area (Å²) in [6, 6.07) is 8.62. The van der Waals surface area contributed by atoms with Gasteiger partial charge in [0.2, 0.25) is 0 Å². The van der Waals surface area contributed by atoms with E-state index in [1.165, 1.54) is 12.1 Å². The minimum Gasteiger partial charge on any atom is -0.327 e. The molecule has 0 radical (unpaired) electrons. The lowest BCUT2D eigenvalue weighted by Crippen LogP contribution is -2.26. The number of halogens is 1. The highest BCUT2D eigenvalue weighted by atomic mass is 32.2. The quantitative estimate of drug-likeness (QED) is 0.855. The molecule has 5 heteroatoms. The summed E-state index contributed by atoms with van der Waals surface area (Å²) in [5, 5.41) is 4.30. The first-order valence-corrected chi connectivity index (χ1v) is 7.16. The van der Waals surface area contributed by atoms with Gasteiger partial charge < -0.3 is 5.73 Å². The number of aryl methyl sites for hydroxylation is 2. The number of hydrogen-bond donors (Lipinski definition) is 1. The van der Waals surface area contributed by atoms with Gasteiger partial charge in [0, 0.05) is 35.9 Å². The Morgan fingerprint density at radius 2 is 2.05 bits per heavy atom. The summed E-state index contributed by atoms with van der Waals surface area (Å²) in [7, 11) is 1.93. The third-order valence-electron chi connectivity index (χ3n) is 2.85. The van der Waals surface area contributed by atoms with Crippen LogP contribution < -0.4 is 5.73 Å². The van der Waals surface area contributed by atoms with Gasteiger partial charge in [-0.05, 0) is 37.3 Å². The topological polar surface area (TPSA) is 43.8 Å². The Morgan fingerprint density at radius 1 is 1.37 bits per heavy atom. The zero-order valence-corrected chi connectivity index (χ0v) is 12.0. The Kier molecular flexibility index (Phi) is 4.61. The van der Waals surface area contributed by atoms with Gasteiger partial charge >= 0.3 is 0 Å². The third-order valence-corrected chi connectivity index (χ3v) is 4.05. The lowest BCUT2D eigenvalue weighted by atomic mass is 10.2. The fraction of sp³-hybridized carbons (Fsp3) is 0.357. The summed E-state index contributed by atoms with van der Waals surface area (Å²) < 4.78 is 14.6. The fourth-order valence-corrected chi connectivity index (χ4v) is 2.77. The van der Waals surface area contributed by atoms with Gasteiger partial charge in [0.05, 0.1) is 5.69 Å². The molecular formula is C14H18FN3S. The lowest BCUT2D eigenvalue weighted by Gasteiger charge is -2.11. The first-order chi connectivity index (χ1) is 9.04. The van der Waals surface area contributed by atoms with Crippen LogP contribution in [0.4, 0.5) is 4.39 Å². The lowest BCUT2D eigenvalue weighted by molar-refractivity contribution is 0.626. The van der Waals surface area contributed by atoms with Crippen LogP contribution in [0.15, 0.2) is 35.2 Å². The number of nitrogens with zero attached hydrogens (tertiary/aromatic N) is 2. The van der Waals surface area contributed by atoms with E-state index in [0.29, 0.717) is 0 Å². The summed E-state index contributed by atoms with van der Waals surface area (Å²) in [4.78, 5) is 1.04. The molecule has 0 amide bonds. The molecule has 102 valence electrons. The number of benzene rings is 1. The zero-order chi connectivity index (χ0) is 13.8. The predicted octanol–water partition coefficient (Wildman–Crippen LogP) is 2.53. The molecule has 3 nitrogen and oxygen atoms in total. The minimum absolute atomic E-state index is 0.0600. The number of thioether (sulfide) groups is 1. The Labute approximate surface area is 117 Å². The van der Waals surface area contributed by atoms with Gasteiger partial charge in [-0.1, -0.05) is 0 Å². The molecule has 0 bridgehead atoms. The van der Waals surface area contributed by atoms with E-state index in [4.69, 9.17) is 5.73 Å². The maximum atomic E-state index is 12.8. The molecule has 1 aromatic heterocycles. The normalized spacial score (nSPS) is 12.6. The van der Waals surface area contributed by atoms with Gasteiger partial charge in [-0.2, -0.15) is 5.10 Å². The van der Waals surface area contributed by atoms with Gasteiger partial charge in [-0.25, -0.2) is 4.39 Å². The Balaban J connectivity index is 1.86. The van der Waals surface area contributed by atoms with Gasteiger partial charge in [0.25, 0.3) is 0 Å². The average Bonchev–Trinajstić information content (AvgIpc) is 2.67. The number of nitrogens with two attached hydrogens (primary N) is 1. The molecule has 0 aliphatic heterocycles. The minimum atomic E-state index is -0.209. The molecule has 0 saturated carbocycles. The van der Waals surface area contributed by atoms with Crippen LogP contribution in [0.5, 0.6) is 0 Å². The Bertz CT molecular complexity index is 536. The zero-order valence-electron chi connectivity index (χ0n) is 11.1. The van der Waals surface area contributed by atoms with E-state index in [1.807, 2.05) is 18.7 Å². The van der Waals surface area contributed by atoms with Gasteiger partial charge in [0.15, 0.2) is 0 Å². The van der Waals surface area contributed by atoms with Crippen molar-refractivity contribution in [2.75, 3.05) is 5.75 Å². The van der Waals surface area contributed by atoms with Crippen molar-refractivity contribution < 1.29 is 4.39 Å². The molecule has 2 rings (SSSR count). The molecule has 0 saturated heterocycles. The number of hydrogen-bond acceptors (Lipinski definition) is 3. The molecular weight excluding hydrogens is 261 g/mol. The summed E-state index contributed by atoms with van der Waals surface area (Å²) in [6.45, 7) is 1.97. The highest BCUT2D eigenvalue weighted by Crippen LogP contribution is 2.19. The summed E-state index contributed by atoms with van der Waals surface area (Å²) in [6.07, 6.45) is 0.797. The smallest absolute Gasteiger partial charge is 0.123 e. The van der Waals surface area contributed by atoms with Crippen LogP contribution in [0.2, 0.25) is 0 Å². The van der Waals surface area contributed by atoms with E-state index in [1.54, 1.807) is 23.9 Å². The van der Waals surface area contributed by atoms with Gasteiger partial charge in [-0.3, -0.25) is 4.68 Å². The summed E-state index contributed by atoms with van der Waals surface area (Å²) in [5.41, 5.74) is 8.28. The van der Waals surface area contributed by atoms with Crippen molar-refractivity contribution in [1.29, 1.82) is 0 Å². The third kappa shape index (κ3) is 4.08. The molecule has 1 heterocycles. The van der Waals surface area contributed by atoms with Crippen LogP contribution in [-0.4, -0.2) is 21.6 Å². The van der Waals surface area contributed by atoms with Crippen molar-refractivity contribution in [2.45, 2.75) is 24.3 Å². The van der Waals surface area contributed by atoms with E-state index in [2.05, 4.69) is 11.2 Å². The van der Waals surface area contributed by atoms with Crippen LogP contribution in [0.1, 0.15) is 11.4 Å². The highest BCUT2D eigenvalue weighted by Gasteiger charge is 2.09. The van der Waals surface area contributed by atoms with Crippen LogP contribution in [0, 0.1) is 12.7 Å². The fourth-order valence-electron chi connectivity index (χ4n) is 1.92. The molecule has 19 heavy (non-hydrogen) atoms. The second-order valence-electron chi connectivity index (χ2n) is 4.63.